The molecule has 140 valence electrons. The highest BCUT2D eigenvalue weighted by Crippen LogP contribution is 2.28. The zero-order valence-electron chi connectivity index (χ0n) is 13.9. The van der Waals surface area contributed by atoms with Crippen LogP contribution in [0.4, 0.5) is 5.95 Å². The van der Waals surface area contributed by atoms with Crippen LogP contribution in [0.25, 0.3) is 0 Å². The molecule has 0 aliphatic rings. The van der Waals surface area contributed by atoms with E-state index in [9.17, 15) is 13.2 Å². The molecule has 0 saturated carbocycles. The molecule has 0 aliphatic carbocycles. The minimum Gasteiger partial charge on any atom is -0.467 e. The van der Waals surface area contributed by atoms with E-state index in [2.05, 4.69) is 24.8 Å². The number of sulfonamides is 1. The van der Waals surface area contributed by atoms with Gasteiger partial charge >= 0.3 is 12.0 Å². The summed E-state index contributed by atoms with van der Waals surface area (Å²) in [6, 6.07) is 1.07. The van der Waals surface area contributed by atoms with E-state index in [1.54, 1.807) is 0 Å². The Labute approximate surface area is 152 Å². The van der Waals surface area contributed by atoms with Gasteiger partial charge in [0.15, 0.2) is 0 Å². The quantitative estimate of drug-likeness (QED) is 0.217. The third kappa shape index (κ3) is 3.50. The molecule has 0 fully saturated rings. The summed E-state index contributed by atoms with van der Waals surface area (Å²) in [5.74, 6) is 3.47. The predicted molar refractivity (Wildman–Crippen MR) is 92.2 cm³/mol. The number of aryl methyl sites for hydroxylation is 1. The molecule has 0 amide bonds. The Balaban J connectivity index is 2.70. The lowest BCUT2D eigenvalue weighted by molar-refractivity contribution is 0.0602. The first-order chi connectivity index (χ1) is 12.3. The molecule has 0 aliphatic heterocycles. The summed E-state index contributed by atoms with van der Waals surface area (Å²) >= 11 is 0.882. The van der Waals surface area contributed by atoms with E-state index in [4.69, 9.17) is 16.3 Å². The van der Waals surface area contributed by atoms with Crippen molar-refractivity contribution in [3.05, 3.63) is 22.1 Å². The van der Waals surface area contributed by atoms with Gasteiger partial charge in [-0.1, -0.05) is 0 Å². The molecular formula is C12H15N7O5S2. The lowest BCUT2D eigenvalue weighted by Crippen LogP contribution is -2.44. The molecule has 26 heavy (non-hydrogen) atoms. The molecule has 0 atom stereocenters. The van der Waals surface area contributed by atoms with Crippen LogP contribution < -0.4 is 20.6 Å². The average molecular weight is 401 g/mol. The number of hydrazone groups is 1. The van der Waals surface area contributed by atoms with Gasteiger partial charge in [-0.05, 0) is 18.4 Å². The van der Waals surface area contributed by atoms with E-state index in [0.717, 1.165) is 18.4 Å². The SMILES string of the molecule is COC(=O)c1sccc1S(=O)(=O)N(C(N)=NN)c1nc(C)nc(OC)n1. The largest absolute Gasteiger partial charge is 0.467 e. The molecule has 0 saturated heterocycles. The zero-order valence-corrected chi connectivity index (χ0v) is 15.5. The third-order valence-electron chi connectivity index (χ3n) is 2.94. The van der Waals surface area contributed by atoms with Gasteiger partial charge in [0.05, 0.1) is 14.2 Å². The number of hydrogen-bond donors (Lipinski definition) is 2. The maximum absolute atomic E-state index is 13.1. The Hall–Kier alpha value is -3.00. The summed E-state index contributed by atoms with van der Waals surface area (Å²) in [6.45, 7) is 1.50. The van der Waals surface area contributed by atoms with Gasteiger partial charge in [0.2, 0.25) is 5.96 Å². The summed E-state index contributed by atoms with van der Waals surface area (Å²) in [6.07, 6.45) is 0. The lowest BCUT2D eigenvalue weighted by atomic mass is 10.5. The smallest absolute Gasteiger partial charge is 0.349 e. The van der Waals surface area contributed by atoms with Crippen molar-refractivity contribution >= 4 is 39.2 Å². The van der Waals surface area contributed by atoms with Gasteiger partial charge in [0.25, 0.3) is 16.0 Å². The molecule has 14 heteroatoms. The summed E-state index contributed by atoms with van der Waals surface area (Å²) in [4.78, 5) is 23.0. The fourth-order valence-electron chi connectivity index (χ4n) is 1.85. The number of nitrogens with two attached hydrogens (primary N) is 2. The molecule has 2 aromatic rings. The van der Waals surface area contributed by atoms with Gasteiger partial charge in [0, 0.05) is 0 Å². The number of ether oxygens (including phenoxy) is 2. The summed E-state index contributed by atoms with van der Waals surface area (Å²) in [5, 5.41) is 4.62. The number of rotatable bonds is 5. The second kappa shape index (κ2) is 7.49. The molecular weight excluding hydrogens is 386 g/mol. The summed E-state index contributed by atoms with van der Waals surface area (Å²) < 4.78 is 36.2. The number of anilines is 1. The number of methoxy groups -OCH3 is 2. The van der Waals surface area contributed by atoms with Crippen molar-refractivity contribution in [2.45, 2.75) is 11.8 Å². The molecule has 2 heterocycles. The van der Waals surface area contributed by atoms with Gasteiger partial charge < -0.3 is 21.1 Å². The first-order valence-electron chi connectivity index (χ1n) is 6.77. The van der Waals surface area contributed by atoms with Crippen molar-refractivity contribution in [2.75, 3.05) is 18.5 Å². The van der Waals surface area contributed by atoms with Crippen LogP contribution in [0, 0.1) is 6.92 Å². The third-order valence-corrected chi connectivity index (χ3v) is 5.69. The fraction of sp³-hybridized carbons (Fsp3) is 0.250. The molecule has 0 aromatic carbocycles. The van der Waals surface area contributed by atoms with Crippen molar-refractivity contribution < 1.29 is 22.7 Å². The van der Waals surface area contributed by atoms with Crippen LogP contribution in [-0.2, 0) is 14.8 Å². The first kappa shape index (κ1) is 19.3. The number of carbonyl (C=O) groups excluding carboxylic acids is 1. The average Bonchev–Trinajstić information content (AvgIpc) is 3.11. The maximum atomic E-state index is 13.1. The number of hydrogen-bond acceptors (Lipinski definition) is 11. The Morgan fingerprint density at radius 3 is 2.58 bits per heavy atom. The highest BCUT2D eigenvalue weighted by atomic mass is 32.2. The van der Waals surface area contributed by atoms with Crippen molar-refractivity contribution in [2.24, 2.45) is 16.7 Å². The Bertz CT molecular complexity index is 957. The highest BCUT2D eigenvalue weighted by Gasteiger charge is 2.35. The minimum absolute atomic E-state index is 0.143. The standard InChI is InChI=1S/C12H15N7O5S2/c1-6-15-11(17-12(16-6)24-3)19(10(13)18-14)26(21,22)7-4-5-25-8(7)9(20)23-2/h4-5H,14H2,1-3H3,(H2,13,18). The van der Waals surface area contributed by atoms with E-state index < -0.39 is 27.9 Å². The van der Waals surface area contributed by atoms with Gasteiger partial charge in [0.1, 0.15) is 15.6 Å². The number of guanidine groups is 1. The number of thiophene rings is 1. The van der Waals surface area contributed by atoms with E-state index >= 15 is 0 Å². The lowest BCUT2D eigenvalue weighted by Gasteiger charge is -2.20. The fourth-order valence-corrected chi connectivity index (χ4v) is 4.45. The van der Waals surface area contributed by atoms with Crippen molar-refractivity contribution in [3.8, 4) is 6.01 Å². The van der Waals surface area contributed by atoms with Crippen molar-refractivity contribution in [1.82, 2.24) is 15.0 Å². The topological polar surface area (TPSA) is 176 Å². The Kier molecular flexibility index (Phi) is 5.56. The molecule has 4 N–H and O–H groups in total. The van der Waals surface area contributed by atoms with Crippen LogP contribution in [0.3, 0.4) is 0 Å². The van der Waals surface area contributed by atoms with Crippen LogP contribution in [0.15, 0.2) is 21.4 Å². The van der Waals surface area contributed by atoms with Crippen LogP contribution in [-0.4, -0.2) is 49.5 Å². The predicted octanol–water partition coefficient (Wildman–Crippen LogP) is -0.580. The molecule has 0 radical (unpaired) electrons. The maximum Gasteiger partial charge on any atom is 0.349 e. The number of esters is 1. The zero-order chi connectivity index (χ0) is 19.5. The Morgan fingerprint density at radius 2 is 2.00 bits per heavy atom. The second-order valence-corrected chi connectivity index (χ2v) is 7.20. The number of aromatic nitrogens is 3. The molecule has 0 unspecified atom stereocenters. The van der Waals surface area contributed by atoms with Crippen LogP contribution in [0.2, 0.25) is 0 Å². The molecule has 2 aromatic heterocycles. The normalized spacial score (nSPS) is 11.9. The van der Waals surface area contributed by atoms with Crippen molar-refractivity contribution in [3.63, 3.8) is 0 Å². The number of carbonyl (C=O) groups is 1. The second-order valence-electron chi connectivity index (χ2n) is 4.53. The van der Waals surface area contributed by atoms with Gasteiger partial charge in [-0.25, -0.2) is 13.2 Å². The minimum atomic E-state index is -4.45. The van der Waals surface area contributed by atoms with E-state index in [-0.39, 0.29) is 21.6 Å². The van der Waals surface area contributed by atoms with Gasteiger partial charge in [-0.2, -0.15) is 19.3 Å². The molecule has 2 rings (SSSR count). The van der Waals surface area contributed by atoms with Gasteiger partial charge in [-0.15, -0.1) is 16.4 Å². The first-order valence-corrected chi connectivity index (χ1v) is 9.09. The molecule has 12 nitrogen and oxygen atoms in total. The molecule has 0 spiro atoms. The van der Waals surface area contributed by atoms with Crippen LogP contribution in [0.5, 0.6) is 6.01 Å². The van der Waals surface area contributed by atoms with E-state index in [0.29, 0.717) is 4.31 Å². The summed E-state index contributed by atoms with van der Waals surface area (Å²) in [7, 11) is -2.02. The van der Waals surface area contributed by atoms with Crippen LogP contribution in [0.1, 0.15) is 15.5 Å². The van der Waals surface area contributed by atoms with E-state index in [1.165, 1.54) is 25.5 Å². The van der Waals surface area contributed by atoms with Crippen LogP contribution >= 0.6 is 11.3 Å². The summed E-state index contributed by atoms with van der Waals surface area (Å²) in [5.41, 5.74) is 5.66. The Morgan fingerprint density at radius 1 is 1.31 bits per heavy atom. The molecule has 0 bridgehead atoms. The highest BCUT2D eigenvalue weighted by molar-refractivity contribution is 7.93. The number of nitrogens with zero attached hydrogens (tertiary/aromatic N) is 5. The van der Waals surface area contributed by atoms with E-state index in [1.807, 2.05) is 0 Å². The van der Waals surface area contributed by atoms with Gasteiger partial charge in [-0.3, -0.25) is 0 Å². The monoisotopic (exact) mass is 401 g/mol. The van der Waals surface area contributed by atoms with Crippen molar-refractivity contribution in [1.29, 1.82) is 0 Å².